The zero-order chi connectivity index (χ0) is 20.2. The Kier molecular flexibility index (Phi) is 5.69. The van der Waals surface area contributed by atoms with Gasteiger partial charge in [-0.3, -0.25) is 19.9 Å². The van der Waals surface area contributed by atoms with Crippen molar-refractivity contribution in [2.75, 3.05) is 6.54 Å². The maximum absolute atomic E-state index is 11.4. The molecule has 2 unspecified atom stereocenters. The second-order valence-corrected chi connectivity index (χ2v) is 7.65. The number of non-ortho nitro benzene ring substituents is 1. The molecule has 0 aromatic heterocycles. The molecule has 29 heavy (non-hydrogen) atoms. The van der Waals surface area contributed by atoms with Gasteiger partial charge in [-0.25, -0.2) is 0 Å². The summed E-state index contributed by atoms with van der Waals surface area (Å²) in [7, 11) is 0. The number of nitrogens with zero attached hydrogens (tertiary/aromatic N) is 3. The van der Waals surface area contributed by atoms with Crippen LogP contribution in [0.25, 0.3) is 0 Å². The molecule has 148 valence electrons. The Morgan fingerprint density at radius 2 is 1.52 bits per heavy atom. The Labute approximate surface area is 171 Å². The number of rotatable bonds is 6. The summed E-state index contributed by atoms with van der Waals surface area (Å²) >= 11 is 0. The van der Waals surface area contributed by atoms with Crippen LogP contribution in [-0.2, 0) is 13.1 Å². The SMILES string of the molecule is CC1CN(Cc2ccccc2)C(c2cccc([N+](=O)[O-])c2)N1Cc1ccccc1. The highest BCUT2D eigenvalue weighted by Gasteiger charge is 2.38. The van der Waals surface area contributed by atoms with Gasteiger partial charge in [0, 0.05) is 37.8 Å². The maximum Gasteiger partial charge on any atom is 0.269 e. The Hall–Kier alpha value is -3.02. The van der Waals surface area contributed by atoms with Gasteiger partial charge in [-0.15, -0.1) is 0 Å². The second kappa shape index (κ2) is 8.55. The molecular formula is C24H25N3O2. The Bertz CT molecular complexity index is 962. The highest BCUT2D eigenvalue weighted by molar-refractivity contribution is 5.36. The van der Waals surface area contributed by atoms with Crippen LogP contribution in [0.1, 0.15) is 29.8 Å². The van der Waals surface area contributed by atoms with E-state index in [2.05, 4.69) is 65.3 Å². The van der Waals surface area contributed by atoms with E-state index in [0.29, 0.717) is 6.04 Å². The number of hydrogen-bond acceptors (Lipinski definition) is 4. The Morgan fingerprint density at radius 1 is 0.897 bits per heavy atom. The van der Waals surface area contributed by atoms with E-state index in [1.807, 2.05) is 18.2 Å². The average Bonchev–Trinajstić information content (AvgIpc) is 3.04. The smallest absolute Gasteiger partial charge is 0.269 e. The summed E-state index contributed by atoms with van der Waals surface area (Å²) in [5.41, 5.74) is 3.60. The van der Waals surface area contributed by atoms with Crippen molar-refractivity contribution in [1.29, 1.82) is 0 Å². The zero-order valence-corrected chi connectivity index (χ0v) is 16.5. The minimum atomic E-state index is -0.315. The van der Waals surface area contributed by atoms with Crippen LogP contribution >= 0.6 is 0 Å². The lowest BCUT2D eigenvalue weighted by Crippen LogP contribution is -2.32. The minimum Gasteiger partial charge on any atom is -0.278 e. The average molecular weight is 387 g/mol. The van der Waals surface area contributed by atoms with E-state index in [0.717, 1.165) is 25.2 Å². The van der Waals surface area contributed by atoms with E-state index in [1.54, 1.807) is 18.2 Å². The van der Waals surface area contributed by atoms with E-state index in [4.69, 9.17) is 0 Å². The second-order valence-electron chi connectivity index (χ2n) is 7.65. The fourth-order valence-corrected chi connectivity index (χ4v) is 4.20. The minimum absolute atomic E-state index is 0.00897. The molecule has 0 aliphatic carbocycles. The summed E-state index contributed by atoms with van der Waals surface area (Å²) in [4.78, 5) is 15.9. The normalized spacial score (nSPS) is 20.0. The first-order chi connectivity index (χ1) is 14.1. The van der Waals surface area contributed by atoms with Crippen LogP contribution in [0.3, 0.4) is 0 Å². The number of nitro groups is 1. The molecule has 0 bridgehead atoms. The summed E-state index contributed by atoms with van der Waals surface area (Å²) < 4.78 is 0. The molecular weight excluding hydrogens is 362 g/mol. The molecule has 0 N–H and O–H groups in total. The Morgan fingerprint density at radius 3 is 2.14 bits per heavy atom. The fraction of sp³-hybridized carbons (Fsp3) is 0.250. The number of benzene rings is 3. The van der Waals surface area contributed by atoms with Crippen LogP contribution in [0.2, 0.25) is 0 Å². The third kappa shape index (κ3) is 4.36. The van der Waals surface area contributed by atoms with Crippen molar-refractivity contribution in [3.63, 3.8) is 0 Å². The lowest BCUT2D eigenvalue weighted by Gasteiger charge is -2.32. The van der Waals surface area contributed by atoms with Crippen molar-refractivity contribution < 1.29 is 4.92 Å². The molecule has 1 heterocycles. The van der Waals surface area contributed by atoms with Crippen LogP contribution < -0.4 is 0 Å². The van der Waals surface area contributed by atoms with Gasteiger partial charge in [0.2, 0.25) is 0 Å². The largest absolute Gasteiger partial charge is 0.278 e. The van der Waals surface area contributed by atoms with Gasteiger partial charge in [0.05, 0.1) is 11.1 Å². The molecule has 3 aromatic rings. The number of hydrogen-bond donors (Lipinski definition) is 0. The standard InChI is InChI=1S/C24H25N3O2/c1-19-16-25(17-20-9-4-2-5-10-20)24(22-13-8-14-23(15-22)27(28)29)26(19)18-21-11-6-3-7-12-21/h2-15,19,24H,16-18H2,1H3. The monoisotopic (exact) mass is 387 g/mol. The number of nitro benzene ring substituents is 1. The first kappa shape index (κ1) is 19.3. The van der Waals surface area contributed by atoms with E-state index in [-0.39, 0.29) is 16.8 Å². The molecule has 4 rings (SSSR count). The van der Waals surface area contributed by atoms with E-state index in [9.17, 15) is 10.1 Å². The fourth-order valence-electron chi connectivity index (χ4n) is 4.20. The van der Waals surface area contributed by atoms with E-state index in [1.165, 1.54) is 11.1 Å². The van der Waals surface area contributed by atoms with Crippen LogP contribution in [-0.4, -0.2) is 27.3 Å². The van der Waals surface area contributed by atoms with Gasteiger partial charge < -0.3 is 0 Å². The van der Waals surface area contributed by atoms with Crippen LogP contribution in [0, 0.1) is 10.1 Å². The first-order valence-corrected chi connectivity index (χ1v) is 9.94. The van der Waals surface area contributed by atoms with Crippen molar-refractivity contribution in [1.82, 2.24) is 9.80 Å². The van der Waals surface area contributed by atoms with Gasteiger partial charge in [0.1, 0.15) is 0 Å². The van der Waals surface area contributed by atoms with Gasteiger partial charge >= 0.3 is 0 Å². The molecule has 0 spiro atoms. The summed E-state index contributed by atoms with van der Waals surface area (Å²) in [6, 6.07) is 28.2. The molecule has 2 atom stereocenters. The van der Waals surface area contributed by atoms with Gasteiger partial charge in [-0.05, 0) is 23.6 Å². The highest BCUT2D eigenvalue weighted by Crippen LogP contribution is 2.37. The van der Waals surface area contributed by atoms with Crippen LogP contribution in [0.15, 0.2) is 84.9 Å². The van der Waals surface area contributed by atoms with Crippen molar-refractivity contribution >= 4 is 5.69 Å². The predicted octanol–water partition coefficient (Wildman–Crippen LogP) is 5.00. The molecule has 5 nitrogen and oxygen atoms in total. The third-order valence-corrected chi connectivity index (χ3v) is 5.54. The topological polar surface area (TPSA) is 49.6 Å². The third-order valence-electron chi connectivity index (χ3n) is 5.54. The van der Waals surface area contributed by atoms with E-state index < -0.39 is 0 Å². The summed E-state index contributed by atoms with van der Waals surface area (Å²) in [5.74, 6) is 0. The van der Waals surface area contributed by atoms with Crippen molar-refractivity contribution in [3.8, 4) is 0 Å². The Balaban J connectivity index is 1.69. The predicted molar refractivity (Wildman–Crippen MR) is 114 cm³/mol. The van der Waals surface area contributed by atoms with E-state index >= 15 is 0 Å². The summed E-state index contributed by atoms with van der Waals surface area (Å²) in [6.07, 6.45) is -0.00897. The molecule has 1 saturated heterocycles. The van der Waals surface area contributed by atoms with Crippen molar-refractivity contribution in [3.05, 3.63) is 112 Å². The molecule has 0 amide bonds. The van der Waals surface area contributed by atoms with Crippen molar-refractivity contribution in [2.24, 2.45) is 0 Å². The molecule has 1 fully saturated rings. The van der Waals surface area contributed by atoms with Crippen LogP contribution in [0.4, 0.5) is 5.69 Å². The molecule has 3 aromatic carbocycles. The summed E-state index contributed by atoms with van der Waals surface area (Å²) in [5, 5.41) is 11.4. The summed E-state index contributed by atoms with van der Waals surface area (Å²) in [6.45, 7) is 4.76. The first-order valence-electron chi connectivity index (χ1n) is 9.94. The molecule has 0 saturated carbocycles. The molecule has 1 aliphatic heterocycles. The molecule has 1 aliphatic rings. The van der Waals surface area contributed by atoms with Gasteiger partial charge in [-0.2, -0.15) is 0 Å². The van der Waals surface area contributed by atoms with Gasteiger partial charge in [0.25, 0.3) is 5.69 Å². The van der Waals surface area contributed by atoms with Gasteiger partial charge in [0.15, 0.2) is 0 Å². The molecule has 0 radical (unpaired) electrons. The van der Waals surface area contributed by atoms with Crippen molar-refractivity contribution in [2.45, 2.75) is 32.2 Å². The maximum atomic E-state index is 11.4. The van der Waals surface area contributed by atoms with Gasteiger partial charge in [-0.1, -0.05) is 72.8 Å². The lowest BCUT2D eigenvalue weighted by atomic mass is 10.1. The zero-order valence-electron chi connectivity index (χ0n) is 16.5. The highest BCUT2D eigenvalue weighted by atomic mass is 16.6. The molecule has 5 heteroatoms. The quantitative estimate of drug-likeness (QED) is 0.441. The lowest BCUT2D eigenvalue weighted by molar-refractivity contribution is -0.385. The van der Waals surface area contributed by atoms with Crippen LogP contribution in [0.5, 0.6) is 0 Å².